The summed E-state index contributed by atoms with van der Waals surface area (Å²) < 4.78 is 27.7. The average molecular weight is 613 g/mol. The van der Waals surface area contributed by atoms with Crippen LogP contribution in [0.4, 0.5) is 9.18 Å². The fourth-order valence-electron chi connectivity index (χ4n) is 5.23. The van der Waals surface area contributed by atoms with E-state index in [0.29, 0.717) is 50.8 Å². The number of carbonyl (C=O) groups excluding carboxylic acids is 1. The first-order valence-corrected chi connectivity index (χ1v) is 14.3. The Morgan fingerprint density at radius 3 is 2.75 bits per heavy atom. The van der Waals surface area contributed by atoms with E-state index in [1.807, 2.05) is 24.3 Å². The quantitative estimate of drug-likeness (QED) is 0.149. The molecule has 1 heterocycles. The minimum atomic E-state index is -0.879. The minimum absolute atomic E-state index is 0.0372. The molecule has 224 valence electrons. The number of carbonyl (C=O) groups is 1. The van der Waals surface area contributed by atoms with E-state index in [2.05, 4.69) is 21.4 Å². The molecule has 0 spiro atoms. The number of nitrogens with two attached hydrogens (primary N) is 2. The Kier molecular flexibility index (Phi) is 9.38. The van der Waals surface area contributed by atoms with Gasteiger partial charge in [-0.05, 0) is 54.2 Å². The van der Waals surface area contributed by atoms with E-state index in [0.717, 1.165) is 23.1 Å². The zero-order valence-electron chi connectivity index (χ0n) is 23.9. The highest BCUT2D eigenvalue weighted by Gasteiger charge is 2.28. The highest BCUT2D eigenvalue weighted by molar-refractivity contribution is 6.32. The van der Waals surface area contributed by atoms with Gasteiger partial charge in [0.15, 0.2) is 0 Å². The van der Waals surface area contributed by atoms with Crippen LogP contribution in [0.1, 0.15) is 45.9 Å². The molecule has 1 aromatic heterocycles. The van der Waals surface area contributed by atoms with Crippen LogP contribution in [-0.2, 0) is 19.6 Å². The first-order valence-electron chi connectivity index (χ1n) is 13.9. The predicted octanol–water partition coefficient (Wildman–Crippen LogP) is 5.89. The van der Waals surface area contributed by atoms with Gasteiger partial charge in [0.05, 0.1) is 17.1 Å². The highest BCUT2D eigenvalue weighted by Crippen LogP contribution is 2.43. The highest BCUT2D eigenvalue weighted by atomic mass is 35.5. The van der Waals surface area contributed by atoms with Gasteiger partial charge in [-0.3, -0.25) is 4.98 Å². The molecule has 0 saturated carbocycles. The maximum absolute atomic E-state index is 15.0. The van der Waals surface area contributed by atoms with Crippen molar-refractivity contribution in [2.45, 2.75) is 39.0 Å². The number of fused-ring (bicyclic) bond motifs is 1. The Morgan fingerprint density at radius 1 is 1.16 bits per heavy atom. The summed E-state index contributed by atoms with van der Waals surface area (Å²) in [6.45, 7) is 2.28. The van der Waals surface area contributed by atoms with E-state index >= 15 is 4.39 Å². The standard InChI is InChI=1S/C33H30ClFN6O3/c1-19-4-2-7-26(32(19)35)23-5-3-6-25-24(23)8-9-28(25)44-30-12-29(43-18-21-10-20(13-36)14-39-15-21)22(11-27(30)34)16-40-17-31(37)41-33(38)42/h2-7,10-12,14-15,28,40H,8-9,16-18H2,1H3,(H4,37,38,41,42)/t28-/m0/s1. The van der Waals surface area contributed by atoms with Crippen LogP contribution in [0.15, 0.2) is 72.0 Å². The Morgan fingerprint density at radius 2 is 1.95 bits per heavy atom. The predicted molar refractivity (Wildman–Crippen MR) is 166 cm³/mol. The molecule has 0 radical (unpaired) electrons. The Balaban J connectivity index is 1.41. The van der Waals surface area contributed by atoms with Crippen molar-refractivity contribution in [1.29, 1.82) is 5.26 Å². The molecule has 2 amide bonds. The summed E-state index contributed by atoms with van der Waals surface area (Å²) in [5, 5.41) is 12.7. The maximum atomic E-state index is 15.0. The van der Waals surface area contributed by atoms with Crippen LogP contribution in [0, 0.1) is 24.1 Å². The maximum Gasteiger partial charge on any atom is 0.340 e. The van der Waals surface area contributed by atoms with Crippen molar-refractivity contribution < 1.29 is 18.7 Å². The van der Waals surface area contributed by atoms with Gasteiger partial charge < -0.3 is 26.3 Å². The lowest BCUT2D eigenvalue weighted by atomic mass is 9.95. The number of hydrogen-bond donors (Lipinski definition) is 3. The Labute approximate surface area is 259 Å². The minimum Gasteiger partial charge on any atom is -0.488 e. The molecule has 5 rings (SSSR count). The number of aryl methyl sites for hydroxylation is 1. The number of rotatable bonds is 10. The van der Waals surface area contributed by atoms with Gasteiger partial charge in [-0.1, -0.05) is 48.0 Å². The number of aliphatic imine (C=N–C) groups is 1. The van der Waals surface area contributed by atoms with Crippen LogP contribution in [0.5, 0.6) is 11.5 Å². The lowest BCUT2D eigenvalue weighted by molar-refractivity contribution is 0.206. The van der Waals surface area contributed by atoms with Crippen molar-refractivity contribution >= 4 is 23.5 Å². The van der Waals surface area contributed by atoms with Crippen LogP contribution in [-0.4, -0.2) is 23.4 Å². The molecular weight excluding hydrogens is 583 g/mol. The lowest BCUT2D eigenvalue weighted by Crippen LogP contribution is -2.30. The first-order chi connectivity index (χ1) is 21.2. The topological polar surface area (TPSA) is 149 Å². The van der Waals surface area contributed by atoms with Gasteiger partial charge in [0, 0.05) is 41.7 Å². The fourth-order valence-corrected chi connectivity index (χ4v) is 5.46. The zero-order chi connectivity index (χ0) is 31.2. The van der Waals surface area contributed by atoms with Crippen LogP contribution < -0.4 is 26.3 Å². The van der Waals surface area contributed by atoms with Crippen molar-refractivity contribution in [1.82, 2.24) is 10.3 Å². The molecule has 1 aliphatic carbocycles. The number of amides is 2. The molecule has 0 unspecified atom stereocenters. The molecule has 1 atom stereocenters. The van der Waals surface area contributed by atoms with Crippen molar-refractivity contribution in [3.8, 4) is 28.7 Å². The summed E-state index contributed by atoms with van der Waals surface area (Å²) in [6, 6.07) is 17.6. The summed E-state index contributed by atoms with van der Waals surface area (Å²) in [4.78, 5) is 18.6. The van der Waals surface area contributed by atoms with Crippen LogP contribution in [0.25, 0.3) is 11.1 Å². The summed E-state index contributed by atoms with van der Waals surface area (Å²) in [5.41, 5.74) is 16.7. The summed E-state index contributed by atoms with van der Waals surface area (Å²) in [5.74, 6) is 0.722. The third-order valence-corrected chi connectivity index (χ3v) is 7.57. The third-order valence-electron chi connectivity index (χ3n) is 7.28. The Bertz CT molecular complexity index is 1790. The van der Waals surface area contributed by atoms with Crippen LogP contribution in [0.3, 0.4) is 0 Å². The van der Waals surface area contributed by atoms with E-state index in [1.54, 1.807) is 43.5 Å². The number of benzene rings is 3. The van der Waals surface area contributed by atoms with Gasteiger partial charge in [-0.25, -0.2) is 9.18 Å². The van der Waals surface area contributed by atoms with Crippen molar-refractivity contribution in [2.24, 2.45) is 16.5 Å². The smallest absolute Gasteiger partial charge is 0.340 e. The van der Waals surface area contributed by atoms with Gasteiger partial charge in [0.25, 0.3) is 0 Å². The SMILES string of the molecule is Cc1cccc(-c2cccc3c2CC[C@@H]3Oc2cc(OCc3cncc(C#N)c3)c(CNC/C(N)=N/C(N)=O)cc2Cl)c1F. The first kappa shape index (κ1) is 30.5. The van der Waals surface area contributed by atoms with E-state index in [1.165, 1.54) is 6.20 Å². The largest absolute Gasteiger partial charge is 0.488 e. The molecule has 4 aromatic rings. The second kappa shape index (κ2) is 13.5. The molecule has 0 aliphatic heterocycles. The number of pyridine rings is 1. The van der Waals surface area contributed by atoms with Crippen LogP contribution in [0.2, 0.25) is 5.02 Å². The molecule has 44 heavy (non-hydrogen) atoms. The number of hydrogen-bond acceptors (Lipinski definition) is 6. The molecule has 9 nitrogen and oxygen atoms in total. The molecule has 0 saturated heterocycles. The third kappa shape index (κ3) is 6.97. The second-order valence-electron chi connectivity index (χ2n) is 10.4. The lowest BCUT2D eigenvalue weighted by Gasteiger charge is -2.20. The number of halogens is 2. The van der Waals surface area contributed by atoms with Gasteiger partial charge in [0.1, 0.15) is 41.9 Å². The molecule has 0 bridgehead atoms. The normalized spacial score (nSPS) is 14.1. The van der Waals surface area contributed by atoms with Gasteiger partial charge in [-0.2, -0.15) is 10.3 Å². The fraction of sp³-hybridized carbons (Fsp3) is 0.212. The summed E-state index contributed by atoms with van der Waals surface area (Å²) in [7, 11) is 0. The van der Waals surface area contributed by atoms with Gasteiger partial charge in [-0.15, -0.1) is 0 Å². The monoisotopic (exact) mass is 612 g/mol. The molecule has 5 N–H and O–H groups in total. The van der Waals surface area contributed by atoms with E-state index in [4.69, 9.17) is 32.5 Å². The number of primary amides is 1. The zero-order valence-corrected chi connectivity index (χ0v) is 24.7. The van der Waals surface area contributed by atoms with E-state index in [-0.39, 0.29) is 37.5 Å². The second-order valence-corrected chi connectivity index (χ2v) is 10.8. The molecule has 0 fully saturated rings. The average Bonchev–Trinajstić information content (AvgIpc) is 3.42. The molecule has 3 aromatic carbocycles. The van der Waals surface area contributed by atoms with Gasteiger partial charge in [0.2, 0.25) is 0 Å². The van der Waals surface area contributed by atoms with E-state index in [9.17, 15) is 10.1 Å². The number of nitrogens with one attached hydrogen (secondary N) is 1. The summed E-state index contributed by atoms with van der Waals surface area (Å²) in [6.07, 6.45) is 4.22. The number of amidine groups is 1. The molecule has 11 heteroatoms. The number of urea groups is 1. The Hall–Kier alpha value is -4.98. The van der Waals surface area contributed by atoms with Crippen molar-refractivity contribution in [2.75, 3.05) is 6.54 Å². The van der Waals surface area contributed by atoms with Gasteiger partial charge >= 0.3 is 6.03 Å². The number of nitrogens with zero attached hydrogens (tertiary/aromatic N) is 3. The molecule has 1 aliphatic rings. The number of nitriles is 1. The van der Waals surface area contributed by atoms with E-state index < -0.39 is 6.03 Å². The van der Waals surface area contributed by atoms with Crippen LogP contribution >= 0.6 is 11.6 Å². The molecular formula is C33H30ClFN6O3. The number of ether oxygens (including phenoxy) is 2. The summed E-state index contributed by atoms with van der Waals surface area (Å²) >= 11 is 6.73. The van der Waals surface area contributed by atoms with Crippen molar-refractivity contribution in [3.63, 3.8) is 0 Å². The number of aromatic nitrogens is 1. The van der Waals surface area contributed by atoms with Crippen molar-refractivity contribution in [3.05, 3.63) is 111 Å².